The molecule has 0 bridgehead atoms. The minimum atomic E-state index is -4.76. The standard InChI is InChI=1S/C8H7F4N3/c9-6-4(8(10,11)12)2-1-3-5(6)15-7(13)14/h1-3H,(H4,13,14,15). The lowest BCUT2D eigenvalue weighted by Crippen LogP contribution is -2.22. The van der Waals surface area contributed by atoms with Crippen molar-refractivity contribution in [2.45, 2.75) is 6.18 Å². The molecule has 1 aromatic carbocycles. The summed E-state index contributed by atoms with van der Waals surface area (Å²) in [6.07, 6.45) is -4.76. The molecule has 0 radical (unpaired) electrons. The molecule has 0 atom stereocenters. The Labute approximate surface area is 82.4 Å². The van der Waals surface area contributed by atoms with Gasteiger partial charge < -0.3 is 11.5 Å². The van der Waals surface area contributed by atoms with Crippen molar-refractivity contribution in [2.24, 2.45) is 16.5 Å². The van der Waals surface area contributed by atoms with Crippen molar-refractivity contribution in [3.8, 4) is 0 Å². The third kappa shape index (κ3) is 2.58. The van der Waals surface area contributed by atoms with Crippen LogP contribution in [0.3, 0.4) is 0 Å². The second-order valence-corrected chi connectivity index (χ2v) is 2.67. The Balaban J connectivity index is 3.30. The zero-order valence-electron chi connectivity index (χ0n) is 7.35. The molecule has 0 unspecified atom stereocenters. The van der Waals surface area contributed by atoms with E-state index in [2.05, 4.69) is 4.99 Å². The van der Waals surface area contributed by atoms with Gasteiger partial charge in [0.25, 0.3) is 0 Å². The topological polar surface area (TPSA) is 64.4 Å². The van der Waals surface area contributed by atoms with Gasteiger partial charge in [-0.15, -0.1) is 0 Å². The van der Waals surface area contributed by atoms with Gasteiger partial charge in [-0.2, -0.15) is 13.2 Å². The first-order chi connectivity index (χ1) is 6.82. The maximum atomic E-state index is 13.2. The molecule has 3 nitrogen and oxygen atoms in total. The highest BCUT2D eigenvalue weighted by Gasteiger charge is 2.34. The number of hydrogen-bond donors (Lipinski definition) is 2. The van der Waals surface area contributed by atoms with E-state index in [4.69, 9.17) is 11.5 Å². The van der Waals surface area contributed by atoms with Crippen LogP contribution in [0.15, 0.2) is 23.2 Å². The molecular formula is C8H7F4N3. The van der Waals surface area contributed by atoms with Crippen LogP contribution >= 0.6 is 0 Å². The third-order valence-corrected chi connectivity index (χ3v) is 1.53. The molecule has 0 saturated carbocycles. The van der Waals surface area contributed by atoms with Gasteiger partial charge in [0, 0.05) is 0 Å². The van der Waals surface area contributed by atoms with E-state index in [0.29, 0.717) is 6.07 Å². The van der Waals surface area contributed by atoms with Crippen LogP contribution in [-0.4, -0.2) is 5.96 Å². The molecule has 82 valence electrons. The lowest BCUT2D eigenvalue weighted by atomic mass is 10.2. The van der Waals surface area contributed by atoms with Crippen molar-refractivity contribution >= 4 is 11.6 Å². The van der Waals surface area contributed by atoms with Crippen molar-refractivity contribution < 1.29 is 17.6 Å². The molecule has 0 heterocycles. The van der Waals surface area contributed by atoms with E-state index in [1.54, 1.807) is 0 Å². The molecule has 0 aliphatic heterocycles. The highest BCUT2D eigenvalue weighted by molar-refractivity contribution is 5.79. The largest absolute Gasteiger partial charge is 0.419 e. The Morgan fingerprint density at radius 2 is 1.80 bits per heavy atom. The minimum absolute atomic E-state index is 0.506. The quantitative estimate of drug-likeness (QED) is 0.431. The molecule has 4 N–H and O–H groups in total. The molecular weight excluding hydrogens is 214 g/mol. The van der Waals surface area contributed by atoms with Crippen LogP contribution in [0.5, 0.6) is 0 Å². The molecule has 0 aliphatic rings. The van der Waals surface area contributed by atoms with Crippen LogP contribution < -0.4 is 11.5 Å². The first kappa shape index (κ1) is 11.3. The van der Waals surface area contributed by atoms with Gasteiger partial charge in [-0.1, -0.05) is 6.07 Å². The third-order valence-electron chi connectivity index (χ3n) is 1.53. The monoisotopic (exact) mass is 221 g/mol. The summed E-state index contributed by atoms with van der Waals surface area (Å²) in [4.78, 5) is 3.23. The van der Waals surface area contributed by atoms with Gasteiger partial charge in [0.05, 0.1) is 5.56 Å². The Kier molecular flexibility index (Phi) is 2.83. The molecule has 1 aromatic rings. The van der Waals surface area contributed by atoms with Crippen molar-refractivity contribution in [3.05, 3.63) is 29.6 Å². The summed E-state index contributed by atoms with van der Waals surface area (Å²) in [6, 6.07) is 2.68. The van der Waals surface area contributed by atoms with Crippen LogP contribution in [0.2, 0.25) is 0 Å². The van der Waals surface area contributed by atoms with E-state index < -0.39 is 29.2 Å². The molecule has 0 amide bonds. The van der Waals surface area contributed by atoms with Gasteiger partial charge in [-0.05, 0) is 12.1 Å². The Morgan fingerprint density at radius 3 is 2.27 bits per heavy atom. The number of guanidine groups is 1. The van der Waals surface area contributed by atoms with Crippen LogP contribution in [-0.2, 0) is 6.18 Å². The molecule has 15 heavy (non-hydrogen) atoms. The predicted molar refractivity (Wildman–Crippen MR) is 46.9 cm³/mol. The van der Waals surface area contributed by atoms with E-state index in [0.717, 1.165) is 12.1 Å². The van der Waals surface area contributed by atoms with Gasteiger partial charge in [-0.25, -0.2) is 9.38 Å². The SMILES string of the molecule is NC(N)=Nc1cccc(C(F)(F)F)c1F. The molecule has 7 heteroatoms. The fourth-order valence-corrected chi connectivity index (χ4v) is 0.964. The van der Waals surface area contributed by atoms with Gasteiger partial charge >= 0.3 is 6.18 Å². The summed E-state index contributed by atoms with van der Waals surface area (Å²) >= 11 is 0. The average molecular weight is 221 g/mol. The summed E-state index contributed by atoms with van der Waals surface area (Å²) < 4.78 is 49.8. The minimum Gasteiger partial charge on any atom is -0.370 e. The summed E-state index contributed by atoms with van der Waals surface area (Å²) in [5.41, 5.74) is 7.93. The van der Waals surface area contributed by atoms with E-state index >= 15 is 0 Å². The van der Waals surface area contributed by atoms with Crippen molar-refractivity contribution in [2.75, 3.05) is 0 Å². The molecule has 0 aliphatic carbocycles. The maximum absolute atomic E-state index is 13.2. The Hall–Kier alpha value is -1.79. The summed E-state index contributed by atoms with van der Waals surface area (Å²) in [5.74, 6) is -1.99. The van der Waals surface area contributed by atoms with E-state index in [-0.39, 0.29) is 0 Å². The molecule has 1 rings (SSSR count). The number of hydrogen-bond acceptors (Lipinski definition) is 1. The van der Waals surface area contributed by atoms with E-state index in [1.165, 1.54) is 0 Å². The number of halogens is 4. The number of rotatable bonds is 1. The first-order valence-corrected chi connectivity index (χ1v) is 3.77. The smallest absolute Gasteiger partial charge is 0.370 e. The Bertz CT molecular complexity index is 393. The highest BCUT2D eigenvalue weighted by atomic mass is 19.4. The zero-order valence-corrected chi connectivity index (χ0v) is 7.35. The maximum Gasteiger partial charge on any atom is 0.419 e. The van der Waals surface area contributed by atoms with Crippen LogP contribution in [0, 0.1) is 5.82 Å². The number of nitrogens with zero attached hydrogens (tertiary/aromatic N) is 1. The summed E-state index contributed by atoms with van der Waals surface area (Å²) in [6.45, 7) is 0. The lowest BCUT2D eigenvalue weighted by Gasteiger charge is -2.08. The van der Waals surface area contributed by atoms with Gasteiger partial charge in [0.2, 0.25) is 0 Å². The van der Waals surface area contributed by atoms with Gasteiger partial charge in [0.15, 0.2) is 11.8 Å². The molecule has 0 saturated heterocycles. The summed E-state index contributed by atoms with van der Waals surface area (Å²) in [5, 5.41) is 0. The van der Waals surface area contributed by atoms with Crippen LogP contribution in [0.4, 0.5) is 23.2 Å². The highest BCUT2D eigenvalue weighted by Crippen LogP contribution is 2.34. The van der Waals surface area contributed by atoms with Crippen molar-refractivity contribution in [1.82, 2.24) is 0 Å². The number of nitrogens with two attached hydrogens (primary N) is 2. The average Bonchev–Trinajstić information content (AvgIpc) is 2.05. The second-order valence-electron chi connectivity index (χ2n) is 2.67. The second kappa shape index (κ2) is 3.76. The fraction of sp³-hybridized carbons (Fsp3) is 0.125. The van der Waals surface area contributed by atoms with E-state index in [9.17, 15) is 17.6 Å². The van der Waals surface area contributed by atoms with Crippen molar-refractivity contribution in [1.29, 1.82) is 0 Å². The van der Waals surface area contributed by atoms with Crippen molar-refractivity contribution in [3.63, 3.8) is 0 Å². The fourth-order valence-electron chi connectivity index (χ4n) is 0.964. The van der Waals surface area contributed by atoms with Crippen LogP contribution in [0.1, 0.15) is 5.56 Å². The lowest BCUT2D eigenvalue weighted by molar-refractivity contribution is -0.139. The van der Waals surface area contributed by atoms with Gasteiger partial charge in [-0.3, -0.25) is 0 Å². The Morgan fingerprint density at radius 1 is 1.20 bits per heavy atom. The summed E-state index contributed by atoms with van der Waals surface area (Å²) in [7, 11) is 0. The zero-order chi connectivity index (χ0) is 11.6. The molecule has 0 aromatic heterocycles. The molecule has 0 fully saturated rings. The van der Waals surface area contributed by atoms with E-state index in [1.807, 2.05) is 0 Å². The number of aliphatic imine (C=N–C) groups is 1. The number of alkyl halides is 3. The molecule has 0 spiro atoms. The first-order valence-electron chi connectivity index (χ1n) is 3.77. The number of benzene rings is 1. The normalized spacial score (nSPS) is 11.2. The predicted octanol–water partition coefficient (Wildman–Crippen LogP) is 1.75. The van der Waals surface area contributed by atoms with Gasteiger partial charge in [0.1, 0.15) is 5.69 Å². The van der Waals surface area contributed by atoms with Crippen LogP contribution in [0.25, 0.3) is 0 Å².